The van der Waals surface area contributed by atoms with Gasteiger partial charge in [-0.05, 0) is 19.1 Å². The summed E-state index contributed by atoms with van der Waals surface area (Å²) < 4.78 is 31.1. The molecule has 11 heteroatoms. The third-order valence-corrected chi connectivity index (χ3v) is 7.42. The highest BCUT2D eigenvalue weighted by Gasteiger charge is 2.30. The summed E-state index contributed by atoms with van der Waals surface area (Å²) in [7, 11) is -3.26. The number of hydrogen-bond acceptors (Lipinski definition) is 8. The molecule has 0 bridgehead atoms. The van der Waals surface area contributed by atoms with Gasteiger partial charge in [0.2, 0.25) is 16.0 Å². The molecule has 2 saturated heterocycles. The fourth-order valence-electron chi connectivity index (χ4n) is 3.70. The van der Waals surface area contributed by atoms with E-state index < -0.39 is 10.0 Å². The molecule has 2 aliphatic rings. The van der Waals surface area contributed by atoms with E-state index in [2.05, 4.69) is 9.97 Å². The van der Waals surface area contributed by atoms with E-state index in [1.54, 1.807) is 30.4 Å². The maximum Gasteiger partial charge on any atom is 0.257 e. The molecule has 2 aromatic heterocycles. The first-order valence-corrected chi connectivity index (χ1v) is 12.0. The van der Waals surface area contributed by atoms with Crippen molar-refractivity contribution in [1.82, 2.24) is 24.2 Å². The van der Waals surface area contributed by atoms with Crippen molar-refractivity contribution in [3.63, 3.8) is 0 Å². The number of hydrogen-bond donors (Lipinski definition) is 0. The van der Waals surface area contributed by atoms with Gasteiger partial charge in [-0.25, -0.2) is 18.4 Å². The average Bonchev–Trinajstić information content (AvgIpc) is 2.84. The van der Waals surface area contributed by atoms with E-state index in [-0.39, 0.29) is 11.7 Å². The summed E-state index contributed by atoms with van der Waals surface area (Å²) in [5.41, 5.74) is 1.73. The quantitative estimate of drug-likeness (QED) is 0.653. The van der Waals surface area contributed by atoms with Gasteiger partial charge in [0.25, 0.3) is 5.91 Å². The molecule has 2 aliphatic heterocycles. The summed E-state index contributed by atoms with van der Waals surface area (Å²) in [4.78, 5) is 30.3. The van der Waals surface area contributed by atoms with Crippen LogP contribution in [0.5, 0.6) is 0 Å². The monoisotopic (exact) mass is 446 g/mol. The number of morpholine rings is 1. The van der Waals surface area contributed by atoms with E-state index >= 15 is 0 Å². The first-order valence-electron chi connectivity index (χ1n) is 10.4. The molecule has 0 saturated carbocycles. The van der Waals surface area contributed by atoms with Gasteiger partial charge < -0.3 is 14.5 Å². The van der Waals surface area contributed by atoms with Crippen LogP contribution in [0.25, 0.3) is 11.3 Å². The number of carbonyl (C=O) groups is 1. The second kappa shape index (κ2) is 9.25. The van der Waals surface area contributed by atoms with Crippen molar-refractivity contribution in [3.8, 4) is 11.3 Å². The number of anilines is 1. The Hall–Kier alpha value is -2.63. The van der Waals surface area contributed by atoms with Crippen molar-refractivity contribution in [2.24, 2.45) is 0 Å². The zero-order valence-corrected chi connectivity index (χ0v) is 18.3. The van der Waals surface area contributed by atoms with Crippen LogP contribution >= 0.6 is 0 Å². The van der Waals surface area contributed by atoms with E-state index in [9.17, 15) is 13.2 Å². The fourth-order valence-corrected chi connectivity index (χ4v) is 4.78. The Labute approximate surface area is 181 Å². The first kappa shape index (κ1) is 21.6. The minimum absolute atomic E-state index is 0.0595. The lowest BCUT2D eigenvalue weighted by atomic mass is 10.1. The summed E-state index contributed by atoms with van der Waals surface area (Å²) in [6.45, 7) is 5.48. The van der Waals surface area contributed by atoms with E-state index in [1.165, 1.54) is 4.31 Å². The van der Waals surface area contributed by atoms with Gasteiger partial charge in [-0.15, -0.1) is 0 Å². The Balaban J connectivity index is 1.60. The van der Waals surface area contributed by atoms with Crippen LogP contribution in [-0.2, 0) is 14.8 Å². The maximum atomic E-state index is 13.3. The number of aromatic nitrogens is 3. The number of nitrogens with zero attached hydrogens (tertiary/aromatic N) is 6. The number of carbonyl (C=O) groups excluding carboxylic acids is 1. The lowest BCUT2D eigenvalue weighted by Crippen LogP contribution is -2.51. The minimum Gasteiger partial charge on any atom is -0.378 e. The number of sulfonamides is 1. The molecule has 0 aliphatic carbocycles. The van der Waals surface area contributed by atoms with Gasteiger partial charge in [-0.1, -0.05) is 0 Å². The van der Waals surface area contributed by atoms with Gasteiger partial charge in [0.1, 0.15) is 0 Å². The summed E-state index contributed by atoms with van der Waals surface area (Å²) in [6.07, 6.45) is 4.90. The van der Waals surface area contributed by atoms with E-state index in [0.29, 0.717) is 69.7 Å². The number of piperazine rings is 1. The first-order chi connectivity index (χ1) is 15.0. The third-order valence-electron chi connectivity index (χ3n) is 5.54. The van der Waals surface area contributed by atoms with Gasteiger partial charge in [0, 0.05) is 63.4 Å². The van der Waals surface area contributed by atoms with Crippen LogP contribution in [0.3, 0.4) is 0 Å². The van der Waals surface area contributed by atoms with E-state index in [1.807, 2.05) is 17.0 Å². The van der Waals surface area contributed by atoms with E-state index in [4.69, 9.17) is 9.72 Å². The Morgan fingerprint density at radius 2 is 1.74 bits per heavy atom. The predicted molar refractivity (Wildman–Crippen MR) is 115 cm³/mol. The normalized spacial score (nSPS) is 18.2. The molecule has 10 nitrogen and oxygen atoms in total. The smallest absolute Gasteiger partial charge is 0.257 e. The van der Waals surface area contributed by atoms with Gasteiger partial charge in [-0.3, -0.25) is 9.78 Å². The largest absolute Gasteiger partial charge is 0.378 e. The Bertz CT molecular complexity index is 1020. The lowest BCUT2D eigenvalue weighted by molar-refractivity contribution is 0.0698. The number of ether oxygens (including phenoxy) is 1. The topological polar surface area (TPSA) is 109 Å². The molecule has 4 rings (SSSR count). The second-order valence-electron chi connectivity index (χ2n) is 7.36. The van der Waals surface area contributed by atoms with Crippen molar-refractivity contribution in [2.45, 2.75) is 6.92 Å². The molecule has 4 heterocycles. The van der Waals surface area contributed by atoms with Crippen LogP contribution in [0.2, 0.25) is 0 Å². The molecule has 0 unspecified atom stereocenters. The molecule has 1 amide bonds. The third kappa shape index (κ3) is 4.68. The Morgan fingerprint density at radius 3 is 2.39 bits per heavy atom. The number of pyridine rings is 1. The second-order valence-corrected chi connectivity index (χ2v) is 9.62. The molecule has 31 heavy (non-hydrogen) atoms. The molecule has 2 aromatic rings. The molecule has 0 N–H and O–H groups in total. The molecule has 0 aromatic carbocycles. The van der Waals surface area contributed by atoms with Crippen LogP contribution in [0.1, 0.15) is 17.3 Å². The zero-order valence-electron chi connectivity index (χ0n) is 17.5. The minimum atomic E-state index is -3.26. The van der Waals surface area contributed by atoms with Gasteiger partial charge >= 0.3 is 0 Å². The maximum absolute atomic E-state index is 13.3. The summed E-state index contributed by atoms with van der Waals surface area (Å²) in [6, 6.07) is 3.63. The highest BCUT2D eigenvalue weighted by atomic mass is 32.2. The van der Waals surface area contributed by atoms with Crippen LogP contribution in [0, 0.1) is 0 Å². The predicted octanol–water partition coefficient (Wildman–Crippen LogP) is 0.483. The van der Waals surface area contributed by atoms with Gasteiger partial charge in [0.15, 0.2) is 0 Å². The van der Waals surface area contributed by atoms with Crippen molar-refractivity contribution in [2.75, 3.05) is 63.1 Å². The fraction of sp³-hybridized carbons (Fsp3) is 0.500. The molecule has 0 spiro atoms. The average molecular weight is 447 g/mol. The van der Waals surface area contributed by atoms with Gasteiger partial charge in [-0.2, -0.15) is 4.31 Å². The molecule has 0 atom stereocenters. The van der Waals surface area contributed by atoms with Crippen LogP contribution in [0.15, 0.2) is 30.7 Å². The lowest BCUT2D eigenvalue weighted by Gasteiger charge is -2.34. The van der Waals surface area contributed by atoms with E-state index in [0.717, 1.165) is 5.56 Å². The molecule has 0 radical (unpaired) electrons. The highest BCUT2D eigenvalue weighted by Crippen LogP contribution is 2.25. The number of rotatable bonds is 5. The molecule has 166 valence electrons. The van der Waals surface area contributed by atoms with Crippen molar-refractivity contribution in [1.29, 1.82) is 0 Å². The molecular formula is C20H26N6O4S. The van der Waals surface area contributed by atoms with Crippen LogP contribution in [-0.4, -0.2) is 96.7 Å². The van der Waals surface area contributed by atoms with Crippen molar-refractivity contribution < 1.29 is 17.9 Å². The Morgan fingerprint density at radius 1 is 1.06 bits per heavy atom. The standard InChI is InChI=1S/C20H26N6O4S/c1-2-31(28,29)26-9-7-24(8-10-26)19(27)17-15-22-20(25-11-13-30-14-12-25)23-18(17)16-3-5-21-6-4-16/h3-6,15H,2,7-14H2,1H3. The van der Waals surface area contributed by atoms with Gasteiger partial charge in [0.05, 0.1) is 30.2 Å². The summed E-state index contributed by atoms with van der Waals surface area (Å²) in [5, 5.41) is 0. The zero-order chi connectivity index (χ0) is 21.8. The number of amides is 1. The van der Waals surface area contributed by atoms with Crippen molar-refractivity contribution >= 4 is 21.9 Å². The molecular weight excluding hydrogens is 420 g/mol. The summed E-state index contributed by atoms with van der Waals surface area (Å²) in [5.74, 6) is 0.420. The van der Waals surface area contributed by atoms with Crippen LogP contribution < -0.4 is 4.90 Å². The molecule has 2 fully saturated rings. The Kier molecular flexibility index (Phi) is 6.44. The van der Waals surface area contributed by atoms with Crippen molar-refractivity contribution in [3.05, 3.63) is 36.3 Å². The summed E-state index contributed by atoms with van der Waals surface area (Å²) >= 11 is 0. The van der Waals surface area contributed by atoms with Crippen LogP contribution in [0.4, 0.5) is 5.95 Å². The SMILES string of the molecule is CCS(=O)(=O)N1CCN(C(=O)c2cnc(N3CCOCC3)nc2-c2ccncc2)CC1. The highest BCUT2D eigenvalue weighted by molar-refractivity contribution is 7.89.